The lowest BCUT2D eigenvalue weighted by atomic mass is 9.98. The third-order valence-corrected chi connectivity index (χ3v) is 3.95. The molecule has 0 amide bonds. The number of hydrogen-bond acceptors (Lipinski definition) is 6. The van der Waals surface area contributed by atoms with Crippen LogP contribution in [-0.2, 0) is 5.54 Å². The molecule has 0 bridgehead atoms. The van der Waals surface area contributed by atoms with Crippen molar-refractivity contribution >= 4 is 5.69 Å². The molecule has 0 unspecified atom stereocenters. The van der Waals surface area contributed by atoms with E-state index in [1.165, 1.54) is 6.07 Å². The minimum absolute atomic E-state index is 0.0479. The second-order valence-electron chi connectivity index (χ2n) is 5.56. The molecule has 3 rings (SSSR count). The number of rotatable bonds is 3. The van der Waals surface area contributed by atoms with Gasteiger partial charge < -0.3 is 10.3 Å². The van der Waals surface area contributed by atoms with Crippen LogP contribution in [-0.4, -0.2) is 15.1 Å². The molecule has 21 heavy (non-hydrogen) atoms. The van der Waals surface area contributed by atoms with E-state index in [2.05, 4.69) is 10.1 Å². The summed E-state index contributed by atoms with van der Waals surface area (Å²) in [5.74, 6) is 0.586. The fraction of sp³-hybridized carbons (Fsp3) is 0.429. The number of nitrogens with two attached hydrogens (primary N) is 1. The molecule has 1 saturated carbocycles. The number of nitro groups is 1. The van der Waals surface area contributed by atoms with Gasteiger partial charge >= 0.3 is 0 Å². The molecule has 1 heterocycles. The van der Waals surface area contributed by atoms with Gasteiger partial charge in [0.25, 0.3) is 11.6 Å². The minimum Gasteiger partial charge on any atom is -0.334 e. The molecule has 7 nitrogen and oxygen atoms in total. The Bertz CT molecular complexity index is 689. The van der Waals surface area contributed by atoms with Crippen LogP contribution in [0.3, 0.4) is 0 Å². The van der Waals surface area contributed by atoms with Gasteiger partial charge in [0.1, 0.15) is 5.56 Å². The SMILES string of the molecule is Cc1ccc([N+](=O)[O-])c(-c2nc(C3(N)CCCC3)no2)c1. The van der Waals surface area contributed by atoms with Crippen molar-refractivity contribution < 1.29 is 9.45 Å². The first-order chi connectivity index (χ1) is 9.99. The summed E-state index contributed by atoms with van der Waals surface area (Å²) in [4.78, 5) is 15.0. The molecule has 0 aliphatic heterocycles. The van der Waals surface area contributed by atoms with Crippen molar-refractivity contribution in [1.82, 2.24) is 10.1 Å². The zero-order valence-electron chi connectivity index (χ0n) is 11.7. The topological polar surface area (TPSA) is 108 Å². The first kappa shape index (κ1) is 13.7. The summed E-state index contributed by atoms with van der Waals surface area (Å²) >= 11 is 0. The molecule has 0 saturated heterocycles. The normalized spacial score (nSPS) is 17.0. The average molecular weight is 288 g/mol. The van der Waals surface area contributed by atoms with Crippen LogP contribution >= 0.6 is 0 Å². The van der Waals surface area contributed by atoms with Gasteiger partial charge in [-0.2, -0.15) is 4.98 Å². The van der Waals surface area contributed by atoms with E-state index in [-0.39, 0.29) is 11.6 Å². The Kier molecular flexibility index (Phi) is 3.21. The zero-order chi connectivity index (χ0) is 15.0. The van der Waals surface area contributed by atoms with Gasteiger partial charge in [0.2, 0.25) is 0 Å². The first-order valence-corrected chi connectivity index (χ1v) is 6.88. The number of benzene rings is 1. The van der Waals surface area contributed by atoms with Gasteiger partial charge in [-0.05, 0) is 31.4 Å². The van der Waals surface area contributed by atoms with Gasteiger partial charge in [-0.25, -0.2) is 0 Å². The Morgan fingerprint density at radius 1 is 1.38 bits per heavy atom. The highest BCUT2D eigenvalue weighted by Gasteiger charge is 2.36. The molecule has 1 aliphatic rings. The summed E-state index contributed by atoms with van der Waals surface area (Å²) < 4.78 is 5.23. The molecule has 7 heteroatoms. The van der Waals surface area contributed by atoms with Crippen LogP contribution in [0.2, 0.25) is 0 Å². The summed E-state index contributed by atoms with van der Waals surface area (Å²) in [6.07, 6.45) is 3.68. The van der Waals surface area contributed by atoms with E-state index in [1.807, 2.05) is 6.92 Å². The van der Waals surface area contributed by atoms with Crippen LogP contribution in [0.25, 0.3) is 11.5 Å². The second kappa shape index (κ2) is 4.92. The van der Waals surface area contributed by atoms with Crippen LogP contribution in [0.4, 0.5) is 5.69 Å². The van der Waals surface area contributed by atoms with Crippen molar-refractivity contribution in [1.29, 1.82) is 0 Å². The maximum absolute atomic E-state index is 11.1. The van der Waals surface area contributed by atoms with Gasteiger partial charge in [-0.15, -0.1) is 0 Å². The Morgan fingerprint density at radius 3 is 2.76 bits per heavy atom. The smallest absolute Gasteiger partial charge is 0.282 e. The Hall–Kier alpha value is -2.28. The molecule has 2 N–H and O–H groups in total. The number of aryl methyl sites for hydroxylation is 1. The molecule has 1 aromatic carbocycles. The molecular weight excluding hydrogens is 272 g/mol. The zero-order valence-corrected chi connectivity index (χ0v) is 11.7. The van der Waals surface area contributed by atoms with Crippen molar-refractivity contribution in [3.05, 3.63) is 39.7 Å². The van der Waals surface area contributed by atoms with E-state index in [9.17, 15) is 10.1 Å². The van der Waals surface area contributed by atoms with Crippen molar-refractivity contribution in [2.24, 2.45) is 5.73 Å². The Balaban J connectivity index is 2.04. The number of aromatic nitrogens is 2. The number of nitrogens with zero attached hydrogens (tertiary/aromatic N) is 3. The quantitative estimate of drug-likeness (QED) is 0.687. The van der Waals surface area contributed by atoms with E-state index < -0.39 is 10.5 Å². The molecule has 110 valence electrons. The van der Waals surface area contributed by atoms with Gasteiger partial charge in [0.05, 0.1) is 10.5 Å². The van der Waals surface area contributed by atoms with Crippen molar-refractivity contribution in [2.45, 2.75) is 38.1 Å². The molecule has 0 atom stereocenters. The molecule has 2 aromatic rings. The molecular formula is C14H16N4O3. The van der Waals surface area contributed by atoms with E-state index >= 15 is 0 Å². The standard InChI is InChI=1S/C14H16N4O3/c1-9-4-5-11(18(19)20)10(8-9)12-16-13(17-21-12)14(15)6-2-3-7-14/h4-5,8H,2-3,6-7,15H2,1H3. The summed E-state index contributed by atoms with van der Waals surface area (Å²) in [6, 6.07) is 4.80. The fourth-order valence-corrected chi connectivity index (χ4v) is 2.75. The van der Waals surface area contributed by atoms with Gasteiger partial charge in [-0.3, -0.25) is 10.1 Å². The highest BCUT2D eigenvalue weighted by Crippen LogP contribution is 2.36. The highest BCUT2D eigenvalue weighted by atomic mass is 16.6. The van der Waals surface area contributed by atoms with Gasteiger partial charge in [0, 0.05) is 6.07 Å². The van der Waals surface area contributed by atoms with E-state index in [0.717, 1.165) is 31.2 Å². The average Bonchev–Trinajstić information content (AvgIpc) is 3.07. The van der Waals surface area contributed by atoms with Crippen molar-refractivity contribution in [3.8, 4) is 11.5 Å². The Morgan fingerprint density at radius 2 is 2.10 bits per heavy atom. The van der Waals surface area contributed by atoms with Crippen molar-refractivity contribution in [3.63, 3.8) is 0 Å². The molecule has 0 radical (unpaired) electrons. The predicted molar refractivity (Wildman–Crippen MR) is 75.5 cm³/mol. The van der Waals surface area contributed by atoms with E-state index in [4.69, 9.17) is 10.3 Å². The first-order valence-electron chi connectivity index (χ1n) is 6.88. The van der Waals surface area contributed by atoms with Crippen LogP contribution in [0, 0.1) is 17.0 Å². The lowest BCUT2D eigenvalue weighted by Gasteiger charge is -2.17. The predicted octanol–water partition coefficient (Wildman–Crippen LogP) is 2.68. The second-order valence-corrected chi connectivity index (χ2v) is 5.56. The maximum Gasteiger partial charge on any atom is 0.282 e. The summed E-state index contributed by atoms with van der Waals surface area (Å²) in [5, 5.41) is 15.1. The minimum atomic E-state index is -0.569. The number of hydrogen-bond donors (Lipinski definition) is 1. The summed E-state index contributed by atoms with van der Waals surface area (Å²) in [7, 11) is 0. The molecule has 1 aromatic heterocycles. The fourth-order valence-electron chi connectivity index (χ4n) is 2.75. The monoisotopic (exact) mass is 288 g/mol. The maximum atomic E-state index is 11.1. The van der Waals surface area contributed by atoms with Gasteiger partial charge in [0.15, 0.2) is 5.82 Å². The number of nitro benzene ring substituents is 1. The van der Waals surface area contributed by atoms with Crippen molar-refractivity contribution in [2.75, 3.05) is 0 Å². The summed E-state index contributed by atoms with van der Waals surface area (Å²) in [5.41, 5.74) is 6.89. The lowest BCUT2D eigenvalue weighted by molar-refractivity contribution is -0.384. The lowest BCUT2D eigenvalue weighted by Crippen LogP contribution is -2.34. The third-order valence-electron chi connectivity index (χ3n) is 3.95. The van der Waals surface area contributed by atoms with Gasteiger partial charge in [-0.1, -0.05) is 24.1 Å². The summed E-state index contributed by atoms with van der Waals surface area (Å²) in [6.45, 7) is 1.85. The van der Waals surface area contributed by atoms with Crippen LogP contribution in [0.5, 0.6) is 0 Å². The highest BCUT2D eigenvalue weighted by molar-refractivity contribution is 5.67. The van der Waals surface area contributed by atoms with Crippen LogP contribution in [0.15, 0.2) is 22.7 Å². The third kappa shape index (κ3) is 2.40. The molecule has 0 spiro atoms. The van der Waals surface area contributed by atoms with E-state index in [0.29, 0.717) is 11.4 Å². The van der Waals surface area contributed by atoms with E-state index in [1.54, 1.807) is 12.1 Å². The largest absolute Gasteiger partial charge is 0.334 e. The molecule has 1 fully saturated rings. The van der Waals surface area contributed by atoms with Crippen LogP contribution in [0.1, 0.15) is 37.1 Å². The van der Waals surface area contributed by atoms with Crippen LogP contribution < -0.4 is 5.73 Å². The Labute approximate surface area is 121 Å². The molecule has 1 aliphatic carbocycles.